The number of fused-ring (bicyclic) bond motifs is 2. The Morgan fingerprint density at radius 3 is 2.42 bits per heavy atom. The Balaban J connectivity index is 1.61. The van der Waals surface area contributed by atoms with Crippen LogP contribution in [-0.4, -0.2) is 22.8 Å². The van der Waals surface area contributed by atoms with Crippen LogP contribution < -0.4 is 10.6 Å². The van der Waals surface area contributed by atoms with Gasteiger partial charge in [-0.2, -0.15) is 0 Å². The molecule has 0 bridgehead atoms. The number of para-hydroxylation sites is 2. The van der Waals surface area contributed by atoms with Gasteiger partial charge in [0.05, 0.1) is 29.2 Å². The minimum atomic E-state index is -1.15. The molecule has 1 aromatic heterocycles. The highest BCUT2D eigenvalue weighted by Gasteiger charge is 2.31. The van der Waals surface area contributed by atoms with Crippen LogP contribution in [0.5, 0.6) is 0 Å². The van der Waals surface area contributed by atoms with Gasteiger partial charge in [0.1, 0.15) is 5.82 Å². The van der Waals surface area contributed by atoms with Crippen LogP contribution in [0.3, 0.4) is 0 Å². The lowest BCUT2D eigenvalue weighted by Crippen LogP contribution is -2.42. The Hall–Kier alpha value is -3.90. The minimum Gasteiger partial charge on any atom is -0.303 e. The molecule has 1 aliphatic rings. The van der Waals surface area contributed by atoms with Gasteiger partial charge in [0.15, 0.2) is 6.17 Å². The zero-order valence-corrected chi connectivity index (χ0v) is 16.6. The van der Waals surface area contributed by atoms with Crippen molar-refractivity contribution in [1.82, 2.24) is 4.98 Å². The number of aromatic nitrogens is 1. The van der Waals surface area contributed by atoms with Gasteiger partial charge in [0.25, 0.3) is 5.91 Å². The molecule has 5 rings (SSSR count). The number of halogens is 1. The Bertz CT molecular complexity index is 1330. The van der Waals surface area contributed by atoms with Crippen LogP contribution in [0.1, 0.15) is 16.8 Å². The Morgan fingerprint density at radius 1 is 0.871 bits per heavy atom. The summed E-state index contributed by atoms with van der Waals surface area (Å²) in [7, 11) is 0. The first kappa shape index (κ1) is 19.1. The number of anilines is 1. The third-order valence-electron chi connectivity index (χ3n) is 5.34. The fraction of sp³-hybridized carbons (Fsp3) is 0.0800. The molecule has 6 heteroatoms. The molecule has 0 aliphatic carbocycles. The number of carbonyl (C=O) groups excluding carboxylic acids is 1. The first-order valence-electron chi connectivity index (χ1n) is 9.95. The van der Waals surface area contributed by atoms with Crippen molar-refractivity contribution >= 4 is 28.2 Å². The molecule has 4 aromatic rings. The minimum absolute atomic E-state index is 0.231. The molecule has 0 radical (unpaired) electrons. The van der Waals surface area contributed by atoms with E-state index in [4.69, 9.17) is 10.7 Å². The zero-order valence-electron chi connectivity index (χ0n) is 16.6. The number of rotatable bonds is 3. The van der Waals surface area contributed by atoms with Crippen LogP contribution in [0.25, 0.3) is 10.9 Å². The largest absolute Gasteiger partial charge is 0.303 e. The van der Waals surface area contributed by atoms with Gasteiger partial charge in [-0.15, -0.1) is 0 Å². The summed E-state index contributed by atoms with van der Waals surface area (Å²) in [4.78, 5) is 23.9. The predicted octanol–water partition coefficient (Wildman–Crippen LogP) is 4.04. The number of carbonyl (C=O) groups is 1. The van der Waals surface area contributed by atoms with Gasteiger partial charge in [-0.25, -0.2) is 4.39 Å². The lowest BCUT2D eigenvalue weighted by Gasteiger charge is -2.24. The second kappa shape index (κ2) is 7.74. The zero-order chi connectivity index (χ0) is 21.4. The van der Waals surface area contributed by atoms with Crippen LogP contribution in [0.15, 0.2) is 89.9 Å². The van der Waals surface area contributed by atoms with Crippen molar-refractivity contribution in [2.45, 2.75) is 12.7 Å². The van der Waals surface area contributed by atoms with Crippen molar-refractivity contribution in [2.75, 3.05) is 4.90 Å². The SMILES string of the molecule is N[C@H]1N=C(c2ccccc2F)c2ccccc2N(Cc2ccc3ccccc3n2)C1=O. The average molecular weight is 410 g/mol. The van der Waals surface area contributed by atoms with Gasteiger partial charge in [-0.1, -0.05) is 54.6 Å². The summed E-state index contributed by atoms with van der Waals surface area (Å²) < 4.78 is 14.6. The summed E-state index contributed by atoms with van der Waals surface area (Å²) in [5.74, 6) is -0.783. The molecular formula is C25H19FN4O. The molecule has 31 heavy (non-hydrogen) atoms. The topological polar surface area (TPSA) is 71.6 Å². The van der Waals surface area contributed by atoms with Crippen LogP contribution >= 0.6 is 0 Å². The number of benzodiazepines with no additional fused rings is 1. The lowest BCUT2D eigenvalue weighted by molar-refractivity contribution is -0.119. The normalized spacial score (nSPS) is 16.1. The van der Waals surface area contributed by atoms with E-state index >= 15 is 0 Å². The maximum absolute atomic E-state index is 14.6. The number of pyridine rings is 1. The van der Waals surface area contributed by atoms with Gasteiger partial charge >= 0.3 is 0 Å². The van der Waals surface area contributed by atoms with Gasteiger partial charge in [0.2, 0.25) is 0 Å². The maximum Gasteiger partial charge on any atom is 0.266 e. The van der Waals surface area contributed by atoms with Crippen molar-refractivity contribution in [3.05, 3.63) is 108 Å². The number of amides is 1. The van der Waals surface area contributed by atoms with Crippen molar-refractivity contribution in [3.8, 4) is 0 Å². The summed E-state index contributed by atoms with van der Waals surface area (Å²) in [6.45, 7) is 0.231. The van der Waals surface area contributed by atoms with Gasteiger partial charge in [-0.05, 0) is 30.3 Å². The van der Waals surface area contributed by atoms with Gasteiger partial charge in [-0.3, -0.25) is 14.8 Å². The quantitative estimate of drug-likeness (QED) is 0.554. The van der Waals surface area contributed by atoms with E-state index in [-0.39, 0.29) is 12.5 Å². The highest BCUT2D eigenvalue weighted by atomic mass is 19.1. The van der Waals surface area contributed by atoms with Gasteiger partial charge < -0.3 is 10.6 Å². The molecule has 2 heterocycles. The smallest absolute Gasteiger partial charge is 0.266 e. The molecule has 152 valence electrons. The molecule has 0 fully saturated rings. The van der Waals surface area contributed by atoms with E-state index in [0.717, 1.165) is 16.6 Å². The molecule has 3 aromatic carbocycles. The monoisotopic (exact) mass is 410 g/mol. The molecule has 1 atom stereocenters. The highest BCUT2D eigenvalue weighted by molar-refractivity contribution is 6.20. The molecular weight excluding hydrogens is 391 g/mol. The van der Waals surface area contributed by atoms with E-state index in [1.165, 1.54) is 6.07 Å². The molecule has 0 unspecified atom stereocenters. The van der Waals surface area contributed by atoms with Crippen molar-refractivity contribution in [1.29, 1.82) is 0 Å². The summed E-state index contributed by atoms with van der Waals surface area (Å²) in [5.41, 5.74) is 9.67. The van der Waals surface area contributed by atoms with Crippen molar-refractivity contribution < 1.29 is 9.18 Å². The number of hydrogen-bond donors (Lipinski definition) is 1. The molecule has 2 N–H and O–H groups in total. The molecule has 0 saturated heterocycles. The number of hydrogen-bond acceptors (Lipinski definition) is 4. The first-order chi connectivity index (χ1) is 15.1. The fourth-order valence-corrected chi connectivity index (χ4v) is 3.84. The lowest BCUT2D eigenvalue weighted by atomic mass is 9.99. The highest BCUT2D eigenvalue weighted by Crippen LogP contribution is 2.30. The summed E-state index contributed by atoms with van der Waals surface area (Å²) >= 11 is 0. The van der Waals surface area contributed by atoms with E-state index < -0.39 is 12.0 Å². The molecule has 1 aliphatic heterocycles. The third-order valence-corrected chi connectivity index (χ3v) is 5.34. The Kier molecular flexibility index (Phi) is 4.76. The first-order valence-corrected chi connectivity index (χ1v) is 9.95. The predicted molar refractivity (Wildman–Crippen MR) is 119 cm³/mol. The summed E-state index contributed by atoms with van der Waals surface area (Å²) in [5, 5.41) is 1.02. The number of nitrogens with two attached hydrogens (primary N) is 1. The number of benzene rings is 3. The third kappa shape index (κ3) is 3.47. The van der Waals surface area contributed by atoms with E-state index in [1.807, 2.05) is 60.7 Å². The second-order valence-corrected chi connectivity index (χ2v) is 7.34. The number of aliphatic imine (C=N–C) groups is 1. The average Bonchev–Trinajstić information content (AvgIpc) is 2.90. The van der Waals surface area contributed by atoms with Crippen molar-refractivity contribution in [2.24, 2.45) is 10.7 Å². The van der Waals surface area contributed by atoms with Gasteiger partial charge in [0, 0.05) is 16.5 Å². The van der Waals surface area contributed by atoms with Crippen molar-refractivity contribution in [3.63, 3.8) is 0 Å². The summed E-state index contributed by atoms with van der Waals surface area (Å²) in [6, 6.07) is 25.4. The van der Waals surface area contributed by atoms with Crippen LogP contribution in [0, 0.1) is 5.82 Å². The molecule has 5 nitrogen and oxygen atoms in total. The van der Waals surface area contributed by atoms with Crippen LogP contribution in [0.2, 0.25) is 0 Å². The Labute approximate surface area is 178 Å². The second-order valence-electron chi connectivity index (χ2n) is 7.34. The van der Waals surface area contributed by atoms with Crippen LogP contribution in [-0.2, 0) is 11.3 Å². The van der Waals surface area contributed by atoms with E-state index in [1.54, 1.807) is 23.1 Å². The fourth-order valence-electron chi connectivity index (χ4n) is 3.84. The maximum atomic E-state index is 14.6. The van der Waals surface area contributed by atoms with E-state index in [2.05, 4.69) is 4.99 Å². The van der Waals surface area contributed by atoms with Crippen LogP contribution in [0.4, 0.5) is 10.1 Å². The van der Waals surface area contributed by atoms with E-state index in [0.29, 0.717) is 22.5 Å². The number of nitrogens with zero attached hydrogens (tertiary/aromatic N) is 3. The molecule has 0 saturated carbocycles. The van der Waals surface area contributed by atoms with E-state index in [9.17, 15) is 9.18 Å². The molecule has 0 spiro atoms. The Morgan fingerprint density at radius 2 is 1.58 bits per heavy atom. The summed E-state index contributed by atoms with van der Waals surface area (Å²) in [6.07, 6.45) is -1.15. The standard InChI is InChI=1S/C25H19FN4O/c26-20-10-4-2-8-18(20)23-19-9-3-6-12-22(19)30(25(31)24(27)29-23)15-17-14-13-16-7-1-5-11-21(16)28-17/h1-14,24H,15,27H2/t24-/m0/s1. The molecule has 1 amide bonds.